The van der Waals surface area contributed by atoms with E-state index in [2.05, 4.69) is 39.6 Å². The van der Waals surface area contributed by atoms with E-state index in [0.717, 1.165) is 25.4 Å². The van der Waals surface area contributed by atoms with Crippen LogP contribution in [-0.2, 0) is 19.5 Å². The minimum absolute atomic E-state index is 0.949. The molecule has 1 saturated carbocycles. The lowest BCUT2D eigenvalue weighted by Gasteiger charge is -2.28. The van der Waals surface area contributed by atoms with E-state index >= 15 is 0 Å². The van der Waals surface area contributed by atoms with Crippen molar-refractivity contribution in [1.82, 2.24) is 19.4 Å². The van der Waals surface area contributed by atoms with Crippen LogP contribution in [0.5, 0.6) is 0 Å². The van der Waals surface area contributed by atoms with Crippen LogP contribution < -0.4 is 0 Å². The normalized spacial score (nSPS) is 21.5. The van der Waals surface area contributed by atoms with Gasteiger partial charge in [-0.1, -0.05) is 19.3 Å². The van der Waals surface area contributed by atoms with Gasteiger partial charge in [0.05, 0.1) is 5.69 Å². The van der Waals surface area contributed by atoms with Gasteiger partial charge in [-0.3, -0.25) is 0 Å². The second kappa shape index (κ2) is 6.93. The molecule has 0 radical (unpaired) electrons. The van der Waals surface area contributed by atoms with E-state index in [-0.39, 0.29) is 0 Å². The Bertz CT molecular complexity index is 446. The zero-order valence-corrected chi connectivity index (χ0v) is 13.7. The summed E-state index contributed by atoms with van der Waals surface area (Å²) in [5.41, 5.74) is 1.37. The van der Waals surface area contributed by atoms with Crippen molar-refractivity contribution >= 4 is 0 Å². The molecule has 0 amide bonds. The number of rotatable bonds is 4. The fraction of sp³-hybridized carbons (Fsp3) is 0.824. The molecule has 0 unspecified atom stereocenters. The van der Waals surface area contributed by atoms with Gasteiger partial charge in [-0.25, -0.2) is 4.98 Å². The minimum atomic E-state index is 0.949. The van der Waals surface area contributed by atoms with Crippen LogP contribution in [0.2, 0.25) is 0 Å². The van der Waals surface area contributed by atoms with E-state index in [1.807, 2.05) is 0 Å². The number of nitrogens with zero attached hydrogens (tertiary/aromatic N) is 4. The zero-order valence-electron chi connectivity index (χ0n) is 13.7. The van der Waals surface area contributed by atoms with Gasteiger partial charge >= 0.3 is 0 Å². The van der Waals surface area contributed by atoms with Crippen molar-refractivity contribution in [3.8, 4) is 0 Å². The van der Waals surface area contributed by atoms with Gasteiger partial charge in [0.25, 0.3) is 0 Å². The largest absolute Gasteiger partial charge is 0.329 e. The summed E-state index contributed by atoms with van der Waals surface area (Å²) >= 11 is 0. The molecule has 1 aromatic rings. The molecule has 0 N–H and O–H groups in total. The molecule has 2 heterocycles. The molecule has 0 aromatic carbocycles. The SMILES string of the molecule is CN(C)Cc1cnc2n1CCN(CC1CCCCC1)CC2. The van der Waals surface area contributed by atoms with Gasteiger partial charge in [0.1, 0.15) is 5.82 Å². The highest BCUT2D eigenvalue weighted by Crippen LogP contribution is 2.25. The number of imidazole rings is 1. The molecule has 0 spiro atoms. The van der Waals surface area contributed by atoms with Crippen molar-refractivity contribution in [2.45, 2.75) is 51.6 Å². The highest BCUT2D eigenvalue weighted by Gasteiger charge is 2.21. The number of hydrogen-bond donors (Lipinski definition) is 0. The summed E-state index contributed by atoms with van der Waals surface area (Å²) in [6.07, 6.45) is 10.5. The molecular formula is C17H30N4. The zero-order chi connectivity index (χ0) is 14.7. The maximum absolute atomic E-state index is 4.66. The summed E-state index contributed by atoms with van der Waals surface area (Å²) < 4.78 is 2.46. The third kappa shape index (κ3) is 3.86. The summed E-state index contributed by atoms with van der Waals surface area (Å²) in [4.78, 5) is 9.58. The molecule has 118 valence electrons. The molecule has 1 aliphatic carbocycles. The van der Waals surface area contributed by atoms with Gasteiger partial charge in [-0.15, -0.1) is 0 Å². The lowest BCUT2D eigenvalue weighted by Crippen LogP contribution is -2.33. The van der Waals surface area contributed by atoms with Crippen LogP contribution in [0, 0.1) is 5.92 Å². The Morgan fingerprint density at radius 3 is 2.71 bits per heavy atom. The summed E-state index contributed by atoms with van der Waals surface area (Å²) in [5, 5.41) is 0. The lowest BCUT2D eigenvalue weighted by molar-refractivity contribution is 0.203. The predicted molar refractivity (Wildman–Crippen MR) is 86.3 cm³/mol. The summed E-state index contributed by atoms with van der Waals surface area (Å²) in [6.45, 7) is 5.81. The molecule has 0 saturated heterocycles. The van der Waals surface area contributed by atoms with E-state index < -0.39 is 0 Å². The van der Waals surface area contributed by atoms with Crippen LogP contribution in [0.1, 0.15) is 43.6 Å². The standard InChI is InChI=1S/C17H30N4/c1-19(2)14-16-12-18-17-8-9-20(10-11-21(16)17)13-15-6-4-3-5-7-15/h12,15H,3-11,13-14H2,1-2H3. The Kier molecular flexibility index (Phi) is 4.96. The number of fused-ring (bicyclic) bond motifs is 1. The predicted octanol–water partition coefficient (Wildman–Crippen LogP) is 2.38. The average molecular weight is 290 g/mol. The minimum Gasteiger partial charge on any atom is -0.329 e. The fourth-order valence-corrected chi connectivity index (χ4v) is 3.91. The smallest absolute Gasteiger partial charge is 0.110 e. The Morgan fingerprint density at radius 1 is 1.14 bits per heavy atom. The van der Waals surface area contributed by atoms with Crippen LogP contribution >= 0.6 is 0 Å². The average Bonchev–Trinajstić information content (AvgIpc) is 2.72. The summed E-state index contributed by atoms with van der Waals surface area (Å²) in [6, 6.07) is 0. The molecule has 3 rings (SSSR count). The second-order valence-electron chi connectivity index (χ2n) is 7.11. The third-order valence-corrected chi connectivity index (χ3v) is 5.03. The van der Waals surface area contributed by atoms with Crippen LogP contribution in [0.3, 0.4) is 0 Å². The Morgan fingerprint density at radius 2 is 1.95 bits per heavy atom. The lowest BCUT2D eigenvalue weighted by atomic mass is 9.89. The first-order chi connectivity index (χ1) is 10.2. The van der Waals surface area contributed by atoms with Crippen molar-refractivity contribution in [1.29, 1.82) is 0 Å². The molecule has 4 nitrogen and oxygen atoms in total. The molecular weight excluding hydrogens is 260 g/mol. The maximum Gasteiger partial charge on any atom is 0.110 e. The maximum atomic E-state index is 4.66. The topological polar surface area (TPSA) is 24.3 Å². The number of aromatic nitrogens is 2. The van der Waals surface area contributed by atoms with Crippen molar-refractivity contribution < 1.29 is 0 Å². The highest BCUT2D eigenvalue weighted by molar-refractivity contribution is 5.07. The highest BCUT2D eigenvalue weighted by atomic mass is 15.2. The van der Waals surface area contributed by atoms with Crippen LogP contribution in [0.25, 0.3) is 0 Å². The van der Waals surface area contributed by atoms with Crippen molar-refractivity contribution in [2.24, 2.45) is 5.92 Å². The van der Waals surface area contributed by atoms with Gasteiger partial charge < -0.3 is 14.4 Å². The Hall–Kier alpha value is -0.870. The van der Waals surface area contributed by atoms with E-state index in [9.17, 15) is 0 Å². The van der Waals surface area contributed by atoms with Crippen LogP contribution in [0.15, 0.2) is 6.20 Å². The summed E-state index contributed by atoms with van der Waals surface area (Å²) in [5.74, 6) is 2.24. The van der Waals surface area contributed by atoms with E-state index in [1.165, 1.54) is 63.3 Å². The molecule has 0 bridgehead atoms. The van der Waals surface area contributed by atoms with E-state index in [4.69, 9.17) is 0 Å². The van der Waals surface area contributed by atoms with Crippen molar-refractivity contribution in [3.63, 3.8) is 0 Å². The van der Waals surface area contributed by atoms with E-state index in [1.54, 1.807) is 0 Å². The fourth-order valence-electron chi connectivity index (χ4n) is 3.91. The second-order valence-corrected chi connectivity index (χ2v) is 7.11. The molecule has 2 aliphatic rings. The molecule has 4 heteroatoms. The van der Waals surface area contributed by atoms with E-state index in [0.29, 0.717) is 0 Å². The molecule has 0 atom stereocenters. The molecule has 1 aliphatic heterocycles. The van der Waals surface area contributed by atoms with Crippen molar-refractivity contribution in [3.05, 3.63) is 17.7 Å². The molecule has 21 heavy (non-hydrogen) atoms. The first-order valence-electron chi connectivity index (χ1n) is 8.63. The van der Waals surface area contributed by atoms with Gasteiger partial charge in [0, 0.05) is 45.3 Å². The monoisotopic (exact) mass is 290 g/mol. The quantitative estimate of drug-likeness (QED) is 0.851. The van der Waals surface area contributed by atoms with Crippen molar-refractivity contribution in [2.75, 3.05) is 33.7 Å². The third-order valence-electron chi connectivity index (χ3n) is 5.03. The molecule has 1 aromatic heterocycles. The molecule has 1 fully saturated rings. The van der Waals surface area contributed by atoms with Crippen LogP contribution in [-0.4, -0.2) is 53.1 Å². The Balaban J connectivity index is 1.58. The van der Waals surface area contributed by atoms with Gasteiger partial charge in [0.2, 0.25) is 0 Å². The van der Waals surface area contributed by atoms with Gasteiger partial charge in [-0.05, 0) is 32.9 Å². The van der Waals surface area contributed by atoms with Crippen LogP contribution in [0.4, 0.5) is 0 Å². The van der Waals surface area contributed by atoms with Gasteiger partial charge in [0.15, 0.2) is 0 Å². The summed E-state index contributed by atoms with van der Waals surface area (Å²) in [7, 11) is 4.26. The first kappa shape index (κ1) is 15.0. The number of hydrogen-bond acceptors (Lipinski definition) is 3. The first-order valence-corrected chi connectivity index (χ1v) is 8.63. The Labute approximate surface area is 129 Å². The van der Waals surface area contributed by atoms with Gasteiger partial charge in [-0.2, -0.15) is 0 Å².